The van der Waals surface area contributed by atoms with Crippen LogP contribution in [-0.4, -0.2) is 134 Å². The number of imide groups is 1. The lowest BCUT2D eigenvalue weighted by molar-refractivity contribution is -0.137. The van der Waals surface area contributed by atoms with E-state index in [0.29, 0.717) is 66.6 Å². The van der Waals surface area contributed by atoms with Crippen molar-refractivity contribution in [3.05, 3.63) is 64.3 Å². The van der Waals surface area contributed by atoms with Gasteiger partial charge in [-0.1, -0.05) is 6.07 Å². The second-order valence-corrected chi connectivity index (χ2v) is 19.2. The Morgan fingerprint density at radius 3 is 2.52 bits per heavy atom. The molecule has 0 saturated carbocycles. The monoisotopic (exact) mass is 911 g/mol. The summed E-state index contributed by atoms with van der Waals surface area (Å²) in [6.07, 6.45) is 8.48. The van der Waals surface area contributed by atoms with Gasteiger partial charge >= 0.3 is 0 Å². The van der Waals surface area contributed by atoms with Gasteiger partial charge in [0.05, 0.1) is 0 Å². The third-order valence-corrected chi connectivity index (χ3v) is 15.3. The molecule has 5 atom stereocenters. The zero-order chi connectivity index (χ0) is 46.2. The first-order chi connectivity index (χ1) is 31.9. The first kappa shape index (κ1) is 45.9. The van der Waals surface area contributed by atoms with E-state index in [1.807, 2.05) is 21.9 Å². The van der Waals surface area contributed by atoms with Crippen LogP contribution >= 0.6 is 0 Å². The highest BCUT2D eigenvalue weighted by molar-refractivity contribution is 6.11. The number of amides is 4. The third-order valence-electron chi connectivity index (χ3n) is 15.3. The minimum atomic E-state index is -2.74. The molecule has 17 heteroatoms. The lowest BCUT2D eigenvalue weighted by atomic mass is 9.86. The molecule has 2 aromatic carbocycles. The molecule has 5 unspecified atom stereocenters. The number of nitrogens with one attached hydrogen (secondary N) is 3. The van der Waals surface area contributed by atoms with E-state index in [1.165, 1.54) is 29.8 Å². The molecule has 9 rings (SSSR count). The number of alkyl halides is 2. The highest BCUT2D eigenvalue weighted by Crippen LogP contribution is 2.52. The molecule has 15 nitrogen and oxygen atoms in total. The van der Waals surface area contributed by atoms with Crippen LogP contribution in [0.1, 0.15) is 116 Å². The molecule has 4 amide bonds. The molecule has 0 aliphatic carbocycles. The lowest BCUT2D eigenvalue weighted by Crippen LogP contribution is -2.59. The number of rotatable bonds is 12. The van der Waals surface area contributed by atoms with Crippen molar-refractivity contribution in [2.45, 2.75) is 114 Å². The van der Waals surface area contributed by atoms with Gasteiger partial charge in [0.2, 0.25) is 17.7 Å². The zero-order valence-corrected chi connectivity index (χ0v) is 38.2. The Morgan fingerprint density at radius 1 is 1.02 bits per heavy atom. The summed E-state index contributed by atoms with van der Waals surface area (Å²) in [4.78, 5) is 65.1. The van der Waals surface area contributed by atoms with Gasteiger partial charge in [0, 0.05) is 117 Å². The van der Waals surface area contributed by atoms with Crippen LogP contribution < -0.4 is 26.2 Å². The van der Waals surface area contributed by atoms with E-state index < -0.39 is 24.6 Å². The number of anilines is 2. The Hall–Kier alpha value is -5.26. The number of carbonyl (C=O) groups is 4. The fourth-order valence-corrected chi connectivity index (χ4v) is 11.6. The first-order valence-corrected chi connectivity index (χ1v) is 24.0. The fraction of sp³-hybridized carbons (Fsp3) is 0.592. The second-order valence-electron chi connectivity index (χ2n) is 19.2. The van der Waals surface area contributed by atoms with Crippen LogP contribution in [0.2, 0.25) is 0 Å². The van der Waals surface area contributed by atoms with Gasteiger partial charge in [0.1, 0.15) is 18.0 Å². The maximum absolute atomic E-state index is 14.6. The fourth-order valence-electron chi connectivity index (χ4n) is 11.6. The number of nitrogens with zero attached hydrogens (tertiary/aromatic N) is 6. The number of amidine groups is 1. The molecule has 354 valence electrons. The first-order valence-electron chi connectivity index (χ1n) is 24.0. The van der Waals surface area contributed by atoms with Crippen LogP contribution in [0.15, 0.2) is 41.5 Å². The van der Waals surface area contributed by atoms with Gasteiger partial charge < -0.3 is 35.4 Å². The quantitative estimate of drug-likeness (QED) is 0.0979. The number of hydrogen-bond donors (Lipinski definition) is 4. The van der Waals surface area contributed by atoms with E-state index in [4.69, 9.17) is 10.5 Å². The Labute approximate surface area is 385 Å². The number of carbonyl (C=O) groups excluding carboxylic acids is 4. The molecule has 0 spiro atoms. The molecule has 0 aromatic heterocycles. The van der Waals surface area contributed by atoms with E-state index in [2.05, 4.69) is 31.5 Å². The Kier molecular flexibility index (Phi) is 13.6. The smallest absolute Gasteiger partial charge is 0.264 e. The second kappa shape index (κ2) is 19.5. The van der Waals surface area contributed by atoms with E-state index in [-0.39, 0.29) is 53.8 Å². The Morgan fingerprint density at radius 2 is 1.80 bits per heavy atom. The van der Waals surface area contributed by atoms with Crippen molar-refractivity contribution in [3.63, 3.8) is 0 Å². The summed E-state index contributed by atoms with van der Waals surface area (Å²) in [5, 5.41) is 15.9. The van der Waals surface area contributed by atoms with Gasteiger partial charge in [-0.25, -0.2) is 8.78 Å². The number of aliphatic imine (C=N–C) groups is 1. The van der Waals surface area contributed by atoms with Crippen LogP contribution in [-0.2, 0) is 25.5 Å². The van der Waals surface area contributed by atoms with Gasteiger partial charge in [-0.15, -0.1) is 0 Å². The van der Waals surface area contributed by atoms with Crippen molar-refractivity contribution >= 4 is 52.6 Å². The number of allylic oxidation sites excluding steroid dienone is 1. The number of piperidine rings is 4. The summed E-state index contributed by atoms with van der Waals surface area (Å²) >= 11 is 0. The third kappa shape index (κ3) is 9.22. The number of likely N-dealkylation sites (tertiary alicyclic amines) is 2. The molecule has 0 radical (unpaired) electrons. The number of fused-ring (bicyclic) bond motifs is 4. The van der Waals surface area contributed by atoms with Gasteiger partial charge in [-0.05, 0) is 125 Å². The molecule has 5 N–H and O–H groups in total. The van der Waals surface area contributed by atoms with Crippen LogP contribution in [0.5, 0.6) is 0 Å². The number of epoxide rings is 1. The summed E-state index contributed by atoms with van der Waals surface area (Å²) in [5.41, 5.74) is 10.6. The number of nitrogens with two attached hydrogens (primary N) is 1. The minimum Gasteiger partial charge on any atom is -0.404 e. The average molecular weight is 911 g/mol. The molecule has 5 fully saturated rings. The maximum atomic E-state index is 14.6. The largest absolute Gasteiger partial charge is 0.404 e. The molecule has 7 aliphatic heterocycles. The summed E-state index contributed by atoms with van der Waals surface area (Å²) in [7, 11) is 1.58. The van der Waals surface area contributed by atoms with Crippen molar-refractivity contribution in [2.24, 2.45) is 22.6 Å². The van der Waals surface area contributed by atoms with E-state index >= 15 is 0 Å². The molecule has 2 aromatic rings. The van der Waals surface area contributed by atoms with Crippen molar-refractivity contribution in [1.29, 1.82) is 5.41 Å². The van der Waals surface area contributed by atoms with E-state index in [1.54, 1.807) is 20.0 Å². The number of aryl methyl sites for hydroxylation is 1. The van der Waals surface area contributed by atoms with Crippen LogP contribution in [0.3, 0.4) is 0 Å². The van der Waals surface area contributed by atoms with Crippen LogP contribution in [0.25, 0.3) is 5.57 Å². The topological polar surface area (TPSA) is 183 Å². The summed E-state index contributed by atoms with van der Waals surface area (Å²) in [5.74, 6) is -0.265. The Balaban J connectivity index is 0.761. The number of halogens is 2. The highest BCUT2D eigenvalue weighted by atomic mass is 19.3. The van der Waals surface area contributed by atoms with Crippen molar-refractivity contribution in [2.75, 3.05) is 69.2 Å². The lowest BCUT2D eigenvalue weighted by Gasteiger charge is -2.45. The minimum absolute atomic E-state index is 0.0186. The van der Waals surface area contributed by atoms with E-state index in [9.17, 15) is 33.4 Å². The average Bonchev–Trinajstić information content (AvgIpc) is 4.12. The highest BCUT2D eigenvalue weighted by Gasteiger charge is 2.57. The SMILES string of the molecule is CN=CC(=CN)c1cc2c(cc1C(F)F)N(C(=N)C1CN(C(C)=O)CCC1NC1CCN(CCCC3CCN(c4cccc5c4C4OC4N(C4CCC(=O)NC4=O)C5=O)CC3)CC1)CCC2. The molecule has 0 bridgehead atoms. The molecular weight excluding hydrogens is 847 g/mol. The van der Waals surface area contributed by atoms with Crippen molar-refractivity contribution in [3.8, 4) is 0 Å². The number of hydrogen-bond acceptors (Lipinski definition) is 11. The van der Waals surface area contributed by atoms with Gasteiger partial charge in [0.15, 0.2) is 6.23 Å². The predicted molar refractivity (Wildman–Crippen MR) is 249 cm³/mol. The standard InChI is InChI=1S/C49H64F2N10O5/c1-29(62)59-23-16-38(37(28-59)46(53)60-18-5-7-31-24-35(32(26-52)27-54-2)36(45(50)51)25-41(31)60)55-33-14-19-57(20-15-33)17-4-6-30-12-21-58(22-13-30)39-9-3-8-34-43(39)44-49(66-44)61(48(34)65)40-10-11-42(63)56-47(40)64/h3,8-9,24-27,30,33,37-38,40,44-45,49,53,55H,4-7,10-23,28,52H2,1-2H3,(H,56,63,64). The normalized spacial score (nSPS) is 26.7. The van der Waals surface area contributed by atoms with Crippen LogP contribution in [0.4, 0.5) is 20.2 Å². The van der Waals surface area contributed by atoms with Gasteiger partial charge in [0.25, 0.3) is 12.3 Å². The predicted octanol–water partition coefficient (Wildman–Crippen LogP) is 5.00. The zero-order valence-electron chi connectivity index (χ0n) is 38.2. The molecule has 66 heavy (non-hydrogen) atoms. The summed E-state index contributed by atoms with van der Waals surface area (Å²) in [6.45, 7) is 8.01. The molecule has 7 heterocycles. The number of benzene rings is 2. The molecule has 7 aliphatic rings. The molecule has 5 saturated heterocycles. The van der Waals surface area contributed by atoms with Gasteiger partial charge in [-0.3, -0.25) is 39.8 Å². The van der Waals surface area contributed by atoms with Gasteiger partial charge in [-0.2, -0.15) is 0 Å². The summed E-state index contributed by atoms with van der Waals surface area (Å²) in [6, 6.07) is 8.71. The Bertz CT molecular complexity index is 2270. The van der Waals surface area contributed by atoms with Crippen molar-refractivity contribution < 1.29 is 32.7 Å². The summed E-state index contributed by atoms with van der Waals surface area (Å²) < 4.78 is 35.2. The number of ether oxygens (including phenoxy) is 1. The van der Waals surface area contributed by atoms with Crippen molar-refractivity contribution in [1.82, 2.24) is 25.3 Å². The maximum Gasteiger partial charge on any atom is 0.264 e. The molecular formula is C49H64F2N10O5. The van der Waals surface area contributed by atoms with Crippen LogP contribution in [0, 0.1) is 17.2 Å². The van der Waals surface area contributed by atoms with E-state index in [0.717, 1.165) is 94.5 Å².